The number of rotatable bonds is 6. The number of aromatic nitrogens is 1. The highest BCUT2D eigenvalue weighted by Gasteiger charge is 2.28. The average molecular weight is 483 g/mol. The number of thiocarbonyl (C=S) groups is 1. The van der Waals surface area contributed by atoms with Crippen LogP contribution >= 0.6 is 12.2 Å². The van der Waals surface area contributed by atoms with E-state index in [0.717, 1.165) is 37.1 Å². The highest BCUT2D eigenvalue weighted by atomic mass is 32.2. The summed E-state index contributed by atoms with van der Waals surface area (Å²) in [4.78, 5) is 7.50. The lowest BCUT2D eigenvalue weighted by atomic mass is 10.0. The lowest BCUT2D eigenvalue weighted by Gasteiger charge is -2.32. The van der Waals surface area contributed by atoms with E-state index < -0.39 is 10.0 Å². The maximum Gasteiger partial charge on any atom is 0.242 e. The molecule has 2 aromatic rings. The summed E-state index contributed by atoms with van der Waals surface area (Å²) in [6, 6.07) is 10.9. The number of anilines is 1. The molecule has 4 rings (SSSR count). The molecular weight excluding hydrogens is 452 g/mol. The van der Waals surface area contributed by atoms with E-state index in [-0.39, 0.29) is 4.90 Å². The van der Waals surface area contributed by atoms with Gasteiger partial charge in [-0.2, -0.15) is 0 Å². The van der Waals surface area contributed by atoms with Gasteiger partial charge in [0, 0.05) is 56.5 Å². The number of nitrogens with zero attached hydrogens (tertiary/aromatic N) is 3. The molecule has 0 amide bonds. The fraction of sp³-hybridized carbons (Fsp3) is 0.360. The van der Waals surface area contributed by atoms with Crippen LogP contribution in [0.4, 0.5) is 5.69 Å². The molecule has 0 spiro atoms. The second kappa shape index (κ2) is 10.2. The maximum atomic E-state index is 12.5. The normalized spacial score (nSPS) is 18.3. The molecule has 1 saturated heterocycles. The third-order valence-corrected chi connectivity index (χ3v) is 8.26. The summed E-state index contributed by atoms with van der Waals surface area (Å²) in [5.74, 6) is 0. The Hall–Kier alpha value is -2.55. The standard InChI is InChI=1S/C25H30N4O2S2/c1-28(2)33(30,31)22-8-6-7-21(18-22)27-25(32)23-10-9-20(17-19-11-13-26-14-12-19)24(23)29-15-4-3-5-16-29/h6-8,11-14,17-18H,3-5,9-10,15-16H2,1-2H3,(H,27,32)/b20-17+. The number of likely N-dealkylation sites (tertiary alicyclic amines) is 1. The molecule has 0 atom stereocenters. The Balaban J connectivity index is 1.66. The van der Waals surface area contributed by atoms with Gasteiger partial charge in [0.25, 0.3) is 0 Å². The van der Waals surface area contributed by atoms with Crippen molar-refractivity contribution in [2.75, 3.05) is 32.5 Å². The number of hydrogen-bond donors (Lipinski definition) is 1. The molecule has 1 aromatic heterocycles. The Morgan fingerprint density at radius 3 is 2.52 bits per heavy atom. The summed E-state index contributed by atoms with van der Waals surface area (Å²) in [5, 5.41) is 3.32. The first-order valence-electron chi connectivity index (χ1n) is 11.3. The van der Waals surface area contributed by atoms with Crippen LogP contribution in [0.5, 0.6) is 0 Å². The first kappa shape index (κ1) is 23.6. The van der Waals surface area contributed by atoms with Crippen molar-refractivity contribution < 1.29 is 8.42 Å². The SMILES string of the molecule is CN(C)S(=O)(=O)c1cccc(NC(=S)C2=C(N3CCCCC3)/C(=C/c3ccncc3)CC2)c1. The van der Waals surface area contributed by atoms with Gasteiger partial charge in [-0.05, 0) is 79.6 Å². The Kier molecular flexibility index (Phi) is 7.26. The molecule has 2 heterocycles. The second-order valence-corrected chi connectivity index (χ2v) is 11.2. The highest BCUT2D eigenvalue weighted by molar-refractivity contribution is 7.89. The molecule has 1 N–H and O–H groups in total. The van der Waals surface area contributed by atoms with Crippen LogP contribution in [0.1, 0.15) is 37.7 Å². The second-order valence-electron chi connectivity index (χ2n) is 8.59. The van der Waals surface area contributed by atoms with Crippen LogP contribution in [0, 0.1) is 0 Å². The first-order valence-corrected chi connectivity index (χ1v) is 13.1. The van der Waals surface area contributed by atoms with Crippen LogP contribution in [0.15, 0.2) is 70.5 Å². The van der Waals surface area contributed by atoms with Crippen LogP contribution in [0.2, 0.25) is 0 Å². The zero-order valence-corrected chi connectivity index (χ0v) is 20.8. The van der Waals surface area contributed by atoms with E-state index in [1.54, 1.807) is 18.2 Å². The lowest BCUT2D eigenvalue weighted by molar-refractivity contribution is 0.290. The van der Waals surface area contributed by atoms with Gasteiger partial charge >= 0.3 is 0 Å². The Labute approximate surface area is 202 Å². The summed E-state index contributed by atoms with van der Waals surface area (Å²) in [6.07, 6.45) is 11.3. The minimum Gasteiger partial charge on any atom is -0.371 e. The van der Waals surface area contributed by atoms with E-state index in [0.29, 0.717) is 10.7 Å². The summed E-state index contributed by atoms with van der Waals surface area (Å²) in [6.45, 7) is 2.07. The molecule has 1 aliphatic carbocycles. The fourth-order valence-corrected chi connectivity index (χ4v) is 5.64. The molecular formula is C25H30N4O2S2. The molecule has 0 unspecified atom stereocenters. The first-order chi connectivity index (χ1) is 15.9. The van der Waals surface area contributed by atoms with Gasteiger partial charge in [-0.25, -0.2) is 12.7 Å². The zero-order valence-electron chi connectivity index (χ0n) is 19.1. The predicted molar refractivity (Wildman–Crippen MR) is 137 cm³/mol. The van der Waals surface area contributed by atoms with Crippen molar-refractivity contribution in [3.63, 3.8) is 0 Å². The monoisotopic (exact) mass is 482 g/mol. The number of hydrogen-bond acceptors (Lipinski definition) is 5. The van der Waals surface area contributed by atoms with Crippen molar-refractivity contribution in [3.05, 3.63) is 71.2 Å². The smallest absolute Gasteiger partial charge is 0.242 e. The number of nitrogens with one attached hydrogen (secondary N) is 1. The van der Waals surface area contributed by atoms with E-state index in [9.17, 15) is 8.42 Å². The van der Waals surface area contributed by atoms with Gasteiger partial charge in [0.15, 0.2) is 0 Å². The minimum atomic E-state index is -3.51. The average Bonchev–Trinajstić information content (AvgIpc) is 3.24. The van der Waals surface area contributed by atoms with Gasteiger partial charge in [0.1, 0.15) is 4.99 Å². The molecule has 174 valence electrons. The van der Waals surface area contributed by atoms with Gasteiger partial charge in [0.2, 0.25) is 10.0 Å². The summed E-state index contributed by atoms with van der Waals surface area (Å²) in [7, 11) is -0.444. The number of allylic oxidation sites excluding steroid dienone is 1. The van der Waals surface area contributed by atoms with Crippen LogP contribution in [0.25, 0.3) is 6.08 Å². The van der Waals surface area contributed by atoms with Gasteiger partial charge in [-0.1, -0.05) is 18.3 Å². The number of piperidine rings is 1. The van der Waals surface area contributed by atoms with Crippen LogP contribution in [0.3, 0.4) is 0 Å². The van der Waals surface area contributed by atoms with Crippen LogP contribution in [-0.2, 0) is 10.0 Å². The zero-order chi connectivity index (χ0) is 23.4. The van der Waals surface area contributed by atoms with E-state index in [2.05, 4.69) is 21.3 Å². The molecule has 0 bridgehead atoms. The largest absolute Gasteiger partial charge is 0.371 e. The van der Waals surface area contributed by atoms with Crippen LogP contribution in [-0.4, -0.2) is 54.8 Å². The molecule has 1 aliphatic heterocycles. The summed E-state index contributed by atoms with van der Waals surface area (Å²) >= 11 is 5.86. The third-order valence-electron chi connectivity index (χ3n) is 6.10. The van der Waals surface area contributed by atoms with Gasteiger partial charge in [-0.3, -0.25) is 4.98 Å². The van der Waals surface area contributed by atoms with E-state index >= 15 is 0 Å². The van der Waals surface area contributed by atoms with E-state index in [4.69, 9.17) is 12.2 Å². The molecule has 0 saturated carbocycles. The van der Waals surface area contributed by atoms with Crippen molar-refractivity contribution in [3.8, 4) is 0 Å². The Bertz CT molecular complexity index is 1180. The Morgan fingerprint density at radius 2 is 1.82 bits per heavy atom. The van der Waals surface area contributed by atoms with Crippen LogP contribution < -0.4 is 5.32 Å². The van der Waals surface area contributed by atoms with Crippen molar-refractivity contribution in [1.29, 1.82) is 0 Å². The van der Waals surface area contributed by atoms with Gasteiger partial charge in [-0.15, -0.1) is 0 Å². The lowest BCUT2D eigenvalue weighted by Crippen LogP contribution is -2.31. The predicted octanol–water partition coefficient (Wildman–Crippen LogP) is 4.69. The van der Waals surface area contributed by atoms with Crippen molar-refractivity contribution in [2.45, 2.75) is 37.0 Å². The molecule has 1 fully saturated rings. The highest BCUT2D eigenvalue weighted by Crippen LogP contribution is 2.37. The molecule has 8 heteroatoms. The van der Waals surface area contributed by atoms with Crippen molar-refractivity contribution >= 4 is 39.0 Å². The molecule has 6 nitrogen and oxygen atoms in total. The van der Waals surface area contributed by atoms with Gasteiger partial charge < -0.3 is 10.2 Å². The molecule has 0 radical (unpaired) electrons. The maximum absolute atomic E-state index is 12.5. The minimum absolute atomic E-state index is 0.246. The van der Waals surface area contributed by atoms with Crippen molar-refractivity contribution in [1.82, 2.24) is 14.2 Å². The summed E-state index contributed by atoms with van der Waals surface area (Å²) < 4.78 is 26.3. The quantitative estimate of drug-likeness (QED) is 0.603. The topological polar surface area (TPSA) is 65.5 Å². The number of sulfonamides is 1. The molecule has 2 aliphatic rings. The third kappa shape index (κ3) is 5.34. The summed E-state index contributed by atoms with van der Waals surface area (Å²) in [5.41, 5.74) is 5.48. The van der Waals surface area contributed by atoms with Gasteiger partial charge in [0.05, 0.1) is 4.90 Å². The van der Waals surface area contributed by atoms with E-state index in [1.807, 2.05) is 30.6 Å². The fourth-order valence-electron chi connectivity index (χ4n) is 4.38. The van der Waals surface area contributed by atoms with Crippen molar-refractivity contribution in [2.24, 2.45) is 0 Å². The number of benzene rings is 1. The number of pyridine rings is 1. The van der Waals surface area contributed by atoms with E-state index in [1.165, 1.54) is 48.9 Å². The molecule has 33 heavy (non-hydrogen) atoms. The Morgan fingerprint density at radius 1 is 1.09 bits per heavy atom. The molecule has 1 aromatic carbocycles.